The Kier molecular flexibility index (Phi) is 9.20. The van der Waals surface area contributed by atoms with Gasteiger partial charge in [-0.3, -0.25) is 9.13 Å². The standard InChI is InChI=1S/C13H15ClF2N4O4.C12H14ClF2N5O3/c1-12(4-22)6(3-21)24-10(13(12,15)16)20-5-17-7-8(20)18-11(14)19-9(7)23-2;1-11(3-22)5(2-21)23-9(12(11,14)15)20-4-17-6-7(16)18-10(13)19-8(6)20/h5-6,10,21-22H,3-4H2,1-2H3;4-5,9,21-22H,2-3H2,1H3,(H2,16,18,19)/t6-,10-,12?;5-,9-,11?/m11/s1. The third-order valence-electron chi connectivity index (χ3n) is 8.62. The van der Waals surface area contributed by atoms with Crippen LogP contribution in [0.25, 0.3) is 22.3 Å². The first kappa shape index (κ1) is 35.1. The summed E-state index contributed by atoms with van der Waals surface area (Å²) in [7, 11) is 1.34. The molecular formula is C25H29Cl2F4N9O7. The monoisotopic (exact) mass is 713 g/mol. The van der Waals surface area contributed by atoms with Crippen LogP contribution >= 0.6 is 23.2 Å². The molecule has 0 amide bonds. The second-order valence-corrected chi connectivity index (χ2v) is 11.9. The van der Waals surface area contributed by atoms with Gasteiger partial charge in [0, 0.05) is 0 Å². The van der Waals surface area contributed by atoms with Gasteiger partial charge in [-0.1, -0.05) is 0 Å². The van der Waals surface area contributed by atoms with Gasteiger partial charge in [0.05, 0.1) is 69.2 Å². The SMILES string of the molecule is CC1(CO)[C@@H](CO)O[C@@H](n2cnc3c(N)nc(Cl)nc32)C1(F)F.COc1nc(Cl)nc2c1ncn2[C@@H]1O[C@H](CO)C(C)(CO)C1(F)F. The van der Waals surface area contributed by atoms with Gasteiger partial charge >= 0.3 is 11.8 Å². The normalized spacial score (nSPS) is 29.7. The molecule has 22 heteroatoms. The number of nitrogen functional groups attached to an aromatic ring is 1. The van der Waals surface area contributed by atoms with Crippen molar-refractivity contribution in [2.75, 3.05) is 39.3 Å². The van der Waals surface area contributed by atoms with Crippen LogP contribution in [0.1, 0.15) is 26.3 Å². The van der Waals surface area contributed by atoms with Crippen molar-refractivity contribution in [3.05, 3.63) is 23.2 Å². The van der Waals surface area contributed by atoms with E-state index in [-0.39, 0.29) is 44.6 Å². The van der Waals surface area contributed by atoms with E-state index >= 15 is 0 Å². The van der Waals surface area contributed by atoms with Gasteiger partial charge in [0.2, 0.25) is 28.9 Å². The van der Waals surface area contributed by atoms with Gasteiger partial charge in [-0.2, -0.15) is 19.9 Å². The molecule has 0 aliphatic carbocycles. The van der Waals surface area contributed by atoms with E-state index in [1.807, 2.05) is 0 Å². The number of nitrogens with zero attached hydrogens (tertiary/aromatic N) is 8. The number of rotatable bonds is 7. The highest BCUT2D eigenvalue weighted by Gasteiger charge is 2.68. The van der Waals surface area contributed by atoms with Crippen molar-refractivity contribution in [2.24, 2.45) is 10.8 Å². The fourth-order valence-electron chi connectivity index (χ4n) is 5.42. The summed E-state index contributed by atoms with van der Waals surface area (Å²) in [6.45, 7) is -0.791. The van der Waals surface area contributed by atoms with Crippen LogP contribution in [0.5, 0.6) is 5.88 Å². The minimum absolute atomic E-state index is 0.00426. The molecule has 0 radical (unpaired) electrons. The van der Waals surface area contributed by atoms with Crippen molar-refractivity contribution in [3.8, 4) is 5.88 Å². The number of ether oxygens (including phenoxy) is 3. The molecule has 6 rings (SSSR count). The van der Waals surface area contributed by atoms with Gasteiger partial charge in [0.25, 0.3) is 0 Å². The predicted molar refractivity (Wildman–Crippen MR) is 154 cm³/mol. The number of anilines is 1. The van der Waals surface area contributed by atoms with Crippen LogP contribution < -0.4 is 10.5 Å². The predicted octanol–water partition coefficient (Wildman–Crippen LogP) is 1.60. The summed E-state index contributed by atoms with van der Waals surface area (Å²) in [6.07, 6.45) is -3.99. The molecule has 6 N–H and O–H groups in total. The fourth-order valence-corrected chi connectivity index (χ4v) is 5.75. The molecule has 0 spiro atoms. The summed E-state index contributed by atoms with van der Waals surface area (Å²) < 4.78 is 77.1. The maximum atomic E-state index is 14.9. The number of aromatic nitrogens is 8. The number of aliphatic hydroxyl groups is 4. The zero-order chi connectivity index (χ0) is 34.7. The average Bonchev–Trinajstić information content (AvgIpc) is 3.74. The summed E-state index contributed by atoms with van der Waals surface area (Å²) in [5.41, 5.74) is 1.93. The third-order valence-corrected chi connectivity index (χ3v) is 8.96. The summed E-state index contributed by atoms with van der Waals surface area (Å²) in [6, 6.07) is 0. The van der Waals surface area contributed by atoms with Crippen molar-refractivity contribution in [1.82, 2.24) is 39.0 Å². The number of methoxy groups -OCH3 is 1. The summed E-state index contributed by atoms with van der Waals surface area (Å²) in [5.74, 6) is -7.03. The Morgan fingerprint density at radius 3 is 1.62 bits per heavy atom. The van der Waals surface area contributed by atoms with Crippen molar-refractivity contribution in [3.63, 3.8) is 0 Å². The topological polar surface area (TPSA) is 222 Å². The molecule has 2 saturated heterocycles. The van der Waals surface area contributed by atoms with E-state index in [1.165, 1.54) is 7.11 Å². The van der Waals surface area contributed by atoms with E-state index in [0.717, 1.165) is 35.6 Å². The number of alkyl halides is 4. The molecule has 47 heavy (non-hydrogen) atoms. The molecule has 6 heterocycles. The Balaban J connectivity index is 0.000000185. The quantitative estimate of drug-likeness (QED) is 0.136. The van der Waals surface area contributed by atoms with Gasteiger partial charge < -0.3 is 40.4 Å². The van der Waals surface area contributed by atoms with Crippen LogP contribution in [-0.4, -0.2) is 117 Å². The zero-order valence-corrected chi connectivity index (χ0v) is 26.2. The van der Waals surface area contributed by atoms with E-state index in [0.29, 0.717) is 0 Å². The lowest BCUT2D eigenvalue weighted by Gasteiger charge is -2.32. The zero-order valence-electron chi connectivity index (χ0n) is 24.7. The van der Waals surface area contributed by atoms with E-state index in [4.69, 9.17) is 43.1 Å². The van der Waals surface area contributed by atoms with Gasteiger partial charge in [0.1, 0.15) is 5.52 Å². The van der Waals surface area contributed by atoms with Crippen LogP contribution in [-0.2, 0) is 9.47 Å². The summed E-state index contributed by atoms with van der Waals surface area (Å²) in [4.78, 5) is 23.2. The van der Waals surface area contributed by atoms with Crippen molar-refractivity contribution < 1.29 is 52.2 Å². The van der Waals surface area contributed by atoms with E-state index in [9.17, 15) is 38.0 Å². The molecule has 16 nitrogen and oxygen atoms in total. The molecular weight excluding hydrogens is 685 g/mol. The summed E-state index contributed by atoms with van der Waals surface area (Å²) in [5, 5.41) is 37.1. The Hall–Kier alpha value is -3.24. The number of imidazole rings is 2. The molecule has 2 aliphatic heterocycles. The number of fused-ring (bicyclic) bond motifs is 2. The smallest absolute Gasteiger partial charge is 0.302 e. The van der Waals surface area contributed by atoms with Gasteiger partial charge in [0.15, 0.2) is 22.6 Å². The lowest BCUT2D eigenvalue weighted by atomic mass is 9.80. The second kappa shape index (κ2) is 12.3. The first-order valence-electron chi connectivity index (χ1n) is 13.7. The number of halogens is 6. The molecule has 2 unspecified atom stereocenters. The van der Waals surface area contributed by atoms with Gasteiger partial charge in [-0.25, -0.2) is 27.5 Å². The van der Waals surface area contributed by atoms with Crippen LogP contribution in [0.2, 0.25) is 10.6 Å². The van der Waals surface area contributed by atoms with Crippen LogP contribution in [0.4, 0.5) is 23.4 Å². The Labute approximate surface area is 272 Å². The first-order chi connectivity index (χ1) is 22.1. The Morgan fingerprint density at radius 1 is 0.787 bits per heavy atom. The van der Waals surface area contributed by atoms with Crippen molar-refractivity contribution in [2.45, 2.75) is 50.4 Å². The highest BCUT2D eigenvalue weighted by molar-refractivity contribution is 6.29. The van der Waals surface area contributed by atoms with Gasteiger partial charge in [-0.15, -0.1) is 0 Å². The highest BCUT2D eigenvalue weighted by Crippen LogP contribution is 2.56. The second-order valence-electron chi connectivity index (χ2n) is 11.2. The highest BCUT2D eigenvalue weighted by atomic mass is 35.5. The van der Waals surface area contributed by atoms with Crippen LogP contribution in [0, 0.1) is 10.8 Å². The van der Waals surface area contributed by atoms with Crippen molar-refractivity contribution >= 4 is 51.3 Å². The number of hydrogen-bond acceptors (Lipinski definition) is 14. The molecule has 2 aliphatic rings. The van der Waals surface area contributed by atoms with Crippen LogP contribution in [0.15, 0.2) is 12.7 Å². The number of aliphatic hydroxyl groups excluding tert-OH is 4. The maximum Gasteiger partial charge on any atom is 0.302 e. The third kappa shape index (κ3) is 5.21. The number of hydrogen-bond donors (Lipinski definition) is 5. The maximum absolute atomic E-state index is 14.9. The van der Waals surface area contributed by atoms with E-state index in [1.54, 1.807) is 0 Å². The Bertz CT molecular complexity index is 1790. The van der Waals surface area contributed by atoms with E-state index in [2.05, 4.69) is 29.9 Å². The molecule has 4 aromatic heterocycles. The first-order valence-corrected chi connectivity index (χ1v) is 14.4. The molecule has 4 aromatic rings. The molecule has 0 aromatic carbocycles. The van der Waals surface area contributed by atoms with Gasteiger partial charge in [-0.05, 0) is 37.0 Å². The lowest BCUT2D eigenvalue weighted by Crippen LogP contribution is -2.47. The molecule has 2 fully saturated rings. The minimum Gasteiger partial charge on any atom is -0.479 e. The fraction of sp³-hybridized carbons (Fsp3) is 0.600. The minimum atomic E-state index is -3.51. The van der Waals surface area contributed by atoms with Crippen LogP contribution in [0.3, 0.4) is 0 Å². The number of nitrogens with two attached hydrogens (primary N) is 1. The van der Waals surface area contributed by atoms with Crippen molar-refractivity contribution in [1.29, 1.82) is 0 Å². The lowest BCUT2D eigenvalue weighted by molar-refractivity contribution is -0.152. The van der Waals surface area contributed by atoms with E-state index < -0.39 is 73.8 Å². The largest absolute Gasteiger partial charge is 0.479 e. The molecule has 0 bridgehead atoms. The molecule has 258 valence electrons. The Morgan fingerprint density at radius 2 is 1.21 bits per heavy atom. The molecule has 0 saturated carbocycles. The molecule has 6 atom stereocenters. The average molecular weight is 714 g/mol. The summed E-state index contributed by atoms with van der Waals surface area (Å²) >= 11 is 11.5.